The smallest absolute Gasteiger partial charge is 0.455 e. The third-order valence-corrected chi connectivity index (χ3v) is 4.66. The van der Waals surface area contributed by atoms with Crippen LogP contribution in [0.1, 0.15) is 20.3 Å². The van der Waals surface area contributed by atoms with E-state index in [2.05, 4.69) is 6.58 Å². The zero-order valence-electron chi connectivity index (χ0n) is 13.6. The number of epoxide rings is 1. The molecule has 0 amide bonds. The van der Waals surface area contributed by atoms with Gasteiger partial charge in [-0.2, -0.15) is 13.2 Å². The molecule has 0 aromatic carbocycles. The Morgan fingerprint density at radius 3 is 2.76 bits per heavy atom. The van der Waals surface area contributed by atoms with E-state index < -0.39 is 41.8 Å². The van der Waals surface area contributed by atoms with Gasteiger partial charge in [-0.05, 0) is 19.9 Å². The van der Waals surface area contributed by atoms with Crippen LogP contribution in [0.25, 0.3) is 0 Å². The van der Waals surface area contributed by atoms with Crippen molar-refractivity contribution in [2.24, 2.45) is 5.92 Å². The minimum absolute atomic E-state index is 0.00641. The van der Waals surface area contributed by atoms with Crippen LogP contribution in [0.5, 0.6) is 0 Å². The normalized spacial score (nSPS) is 40.9. The van der Waals surface area contributed by atoms with E-state index in [0.29, 0.717) is 0 Å². The summed E-state index contributed by atoms with van der Waals surface area (Å²) >= 11 is 0. The average molecular weight is 358 g/mol. The van der Waals surface area contributed by atoms with Crippen LogP contribution in [-0.2, 0) is 23.8 Å². The molecule has 2 aliphatic heterocycles. The Kier molecular flexibility index (Phi) is 4.06. The number of rotatable bonds is 1. The Bertz CT molecular complexity index is 693. The number of carbonyl (C=O) groups excluding carboxylic acids is 2. The van der Waals surface area contributed by atoms with Crippen LogP contribution in [0.15, 0.2) is 36.0 Å². The van der Waals surface area contributed by atoms with Gasteiger partial charge in [0.15, 0.2) is 0 Å². The summed E-state index contributed by atoms with van der Waals surface area (Å²) in [4.78, 5) is 23.3. The lowest BCUT2D eigenvalue weighted by atomic mass is 9.83. The molecule has 2 heterocycles. The Balaban J connectivity index is 1.97. The molecule has 1 aliphatic carbocycles. The topological polar surface area (TPSA) is 65.1 Å². The number of alkyl halides is 3. The van der Waals surface area contributed by atoms with Crippen molar-refractivity contribution in [3.63, 3.8) is 0 Å². The lowest BCUT2D eigenvalue weighted by Crippen LogP contribution is -2.40. The van der Waals surface area contributed by atoms with E-state index in [9.17, 15) is 22.8 Å². The minimum Gasteiger partial charge on any atom is -0.455 e. The highest BCUT2D eigenvalue weighted by atomic mass is 19.4. The first-order valence-corrected chi connectivity index (χ1v) is 7.73. The number of fused-ring (bicyclic) bond motifs is 2. The van der Waals surface area contributed by atoms with Crippen molar-refractivity contribution in [2.45, 2.75) is 50.4 Å². The summed E-state index contributed by atoms with van der Waals surface area (Å²) in [5.41, 5.74) is -0.0428. The van der Waals surface area contributed by atoms with Crippen molar-refractivity contribution in [2.75, 3.05) is 0 Å². The molecule has 0 aromatic heterocycles. The predicted octanol–water partition coefficient (Wildman–Crippen LogP) is 2.62. The van der Waals surface area contributed by atoms with Crippen LogP contribution in [0, 0.1) is 5.92 Å². The second kappa shape index (κ2) is 5.72. The molecule has 0 radical (unpaired) electrons. The second-order valence-corrected chi connectivity index (χ2v) is 6.69. The maximum Gasteiger partial charge on any atom is 0.490 e. The highest BCUT2D eigenvalue weighted by molar-refractivity contribution is 5.91. The standard InChI is InChI=1S/C17H17F3O5/c1-8-4-5-12-16(3,25-12)7-11(24-15(22)17(18,19)20)13-9(2)14(21)23-10(13)6-8/h4-6,10-13H,2,7H2,1,3H3/b5-4-,8-6-/t10-,11+,12+,13-,16+/m0/s1. The van der Waals surface area contributed by atoms with Crippen LogP contribution < -0.4 is 0 Å². The van der Waals surface area contributed by atoms with Gasteiger partial charge in [-0.3, -0.25) is 0 Å². The molecule has 136 valence electrons. The van der Waals surface area contributed by atoms with Crippen molar-refractivity contribution >= 4 is 11.9 Å². The number of allylic oxidation sites excluding steroid dienone is 2. The first-order valence-electron chi connectivity index (χ1n) is 7.73. The molecule has 5 atom stereocenters. The van der Waals surface area contributed by atoms with E-state index in [1.165, 1.54) is 0 Å². The summed E-state index contributed by atoms with van der Waals surface area (Å²) in [5.74, 6) is -3.92. The zero-order valence-corrected chi connectivity index (χ0v) is 13.6. The number of hydrogen-bond acceptors (Lipinski definition) is 5. The van der Waals surface area contributed by atoms with Crippen LogP contribution in [-0.4, -0.2) is 42.0 Å². The van der Waals surface area contributed by atoms with Crippen LogP contribution in [0.3, 0.4) is 0 Å². The number of ether oxygens (including phenoxy) is 3. The van der Waals surface area contributed by atoms with E-state index in [4.69, 9.17) is 14.2 Å². The van der Waals surface area contributed by atoms with Gasteiger partial charge in [-0.15, -0.1) is 0 Å². The third-order valence-electron chi connectivity index (χ3n) is 4.66. The molecular formula is C17H17F3O5. The summed E-state index contributed by atoms with van der Waals surface area (Å²) in [5, 5.41) is 0. The van der Waals surface area contributed by atoms with Crippen molar-refractivity contribution < 1.29 is 37.0 Å². The molecule has 8 heteroatoms. The lowest BCUT2D eigenvalue weighted by Gasteiger charge is -2.28. The number of esters is 2. The minimum atomic E-state index is -5.13. The van der Waals surface area contributed by atoms with Gasteiger partial charge < -0.3 is 14.2 Å². The fraction of sp³-hybridized carbons (Fsp3) is 0.529. The van der Waals surface area contributed by atoms with Gasteiger partial charge in [0.2, 0.25) is 0 Å². The molecule has 2 fully saturated rings. The third kappa shape index (κ3) is 3.35. The van der Waals surface area contributed by atoms with Gasteiger partial charge >= 0.3 is 18.1 Å². The lowest BCUT2D eigenvalue weighted by molar-refractivity contribution is -0.208. The fourth-order valence-electron chi connectivity index (χ4n) is 3.24. The van der Waals surface area contributed by atoms with Gasteiger partial charge in [0.1, 0.15) is 18.3 Å². The average Bonchev–Trinajstić information content (AvgIpc) is 3.04. The summed E-state index contributed by atoms with van der Waals surface area (Å²) in [6.07, 6.45) is -2.36. The first-order chi connectivity index (χ1) is 11.5. The largest absolute Gasteiger partial charge is 0.490 e. The maximum absolute atomic E-state index is 12.7. The Hall–Kier alpha value is -2.09. The van der Waals surface area contributed by atoms with E-state index >= 15 is 0 Å². The molecule has 0 bridgehead atoms. The number of carbonyl (C=O) groups is 2. The highest BCUT2D eigenvalue weighted by Crippen LogP contribution is 2.46. The molecule has 0 spiro atoms. The first kappa shape index (κ1) is 17.7. The molecular weight excluding hydrogens is 341 g/mol. The zero-order chi connectivity index (χ0) is 18.6. The molecule has 0 saturated carbocycles. The van der Waals surface area contributed by atoms with E-state index in [-0.39, 0.29) is 18.1 Å². The second-order valence-electron chi connectivity index (χ2n) is 6.69. The monoisotopic (exact) mass is 358 g/mol. The summed E-state index contributed by atoms with van der Waals surface area (Å²) in [6, 6.07) is 0. The number of hydrogen-bond donors (Lipinski definition) is 0. The van der Waals surface area contributed by atoms with Gasteiger partial charge in [-0.1, -0.05) is 24.3 Å². The highest BCUT2D eigenvalue weighted by Gasteiger charge is 2.57. The maximum atomic E-state index is 12.7. The quantitative estimate of drug-likeness (QED) is 0.410. The van der Waals surface area contributed by atoms with Gasteiger partial charge in [0, 0.05) is 12.0 Å². The number of halogens is 3. The molecule has 3 aliphatic rings. The molecule has 0 N–H and O–H groups in total. The van der Waals surface area contributed by atoms with Crippen molar-refractivity contribution in [3.8, 4) is 0 Å². The van der Waals surface area contributed by atoms with Gasteiger partial charge in [-0.25, -0.2) is 9.59 Å². The Labute approximate surface area is 142 Å². The van der Waals surface area contributed by atoms with Crippen molar-refractivity contribution in [1.82, 2.24) is 0 Å². The molecule has 25 heavy (non-hydrogen) atoms. The van der Waals surface area contributed by atoms with E-state index in [1.807, 2.05) is 0 Å². The van der Waals surface area contributed by atoms with Crippen molar-refractivity contribution in [1.29, 1.82) is 0 Å². The fourth-order valence-corrected chi connectivity index (χ4v) is 3.24. The Morgan fingerprint density at radius 2 is 2.12 bits per heavy atom. The SMILES string of the molecule is C=C1C(=O)O[C@H]2/C=C(C)\C=C/[C@H]3O[C@]3(C)C[C@@H](OC(=O)C(F)(F)F)[C@@H]12. The molecule has 0 unspecified atom stereocenters. The molecule has 5 nitrogen and oxygen atoms in total. The molecule has 3 rings (SSSR count). The summed E-state index contributed by atoms with van der Waals surface area (Å²) in [6.45, 7) is 7.10. The van der Waals surface area contributed by atoms with E-state index in [0.717, 1.165) is 5.57 Å². The molecule has 2 saturated heterocycles. The van der Waals surface area contributed by atoms with Crippen molar-refractivity contribution in [3.05, 3.63) is 36.0 Å². The predicted molar refractivity (Wildman–Crippen MR) is 79.2 cm³/mol. The van der Waals surface area contributed by atoms with Gasteiger partial charge in [0.05, 0.1) is 11.5 Å². The van der Waals surface area contributed by atoms with Gasteiger partial charge in [0.25, 0.3) is 0 Å². The summed E-state index contributed by atoms with van der Waals surface area (Å²) in [7, 11) is 0. The summed E-state index contributed by atoms with van der Waals surface area (Å²) < 4.78 is 53.5. The molecule has 0 aromatic rings. The van der Waals surface area contributed by atoms with Crippen LogP contribution in [0.2, 0.25) is 0 Å². The Morgan fingerprint density at radius 1 is 1.44 bits per heavy atom. The van der Waals surface area contributed by atoms with Crippen LogP contribution >= 0.6 is 0 Å². The van der Waals surface area contributed by atoms with E-state index in [1.54, 1.807) is 32.1 Å². The van der Waals surface area contributed by atoms with Crippen LogP contribution in [0.4, 0.5) is 13.2 Å².